The lowest BCUT2D eigenvalue weighted by atomic mass is 9.83. The van der Waals surface area contributed by atoms with Crippen LogP contribution in [0.25, 0.3) is 100 Å². The van der Waals surface area contributed by atoms with Gasteiger partial charge >= 0.3 is 0 Å². The number of unbranched alkanes of at least 4 members (excludes halogenated alkanes) is 24. The van der Waals surface area contributed by atoms with Crippen molar-refractivity contribution in [1.82, 2.24) is 39.9 Å². The van der Waals surface area contributed by atoms with E-state index in [9.17, 15) is 0 Å². The molecule has 8 heteroatoms. The van der Waals surface area contributed by atoms with E-state index >= 15 is 0 Å². The monoisotopic (exact) mass is 1440 g/mol. The summed E-state index contributed by atoms with van der Waals surface area (Å²) in [6.45, 7) is 18.6. The third-order valence-electron chi connectivity index (χ3n) is 24.2. The normalized spacial score (nSPS) is 13.5. The van der Waals surface area contributed by atoms with Crippen LogP contribution in [0.15, 0.2) is 97.1 Å². The van der Waals surface area contributed by atoms with Crippen LogP contribution in [-0.2, 0) is 38.5 Å². The molecule has 0 amide bonds. The second-order valence-corrected chi connectivity index (χ2v) is 32.6. The van der Waals surface area contributed by atoms with E-state index in [1.54, 1.807) is 0 Å². The molecular weight excluding hydrogens is 1310 g/mol. The third-order valence-corrected chi connectivity index (χ3v) is 24.2. The van der Waals surface area contributed by atoms with E-state index in [0.717, 1.165) is 170 Å². The fraction of sp³-hybridized carbons (Fsp3) is 0.500. The molecule has 8 nitrogen and oxygen atoms in total. The highest BCUT2D eigenvalue weighted by Gasteiger charge is 2.32. The van der Waals surface area contributed by atoms with Crippen LogP contribution >= 0.6 is 0 Å². The Labute approximate surface area is 648 Å². The Kier molecular flexibility index (Phi) is 28.2. The molecule has 570 valence electrons. The zero-order chi connectivity index (χ0) is 74.6. The molecule has 0 saturated carbocycles. The van der Waals surface area contributed by atoms with Crippen LogP contribution in [0.1, 0.15) is 377 Å². The van der Waals surface area contributed by atoms with Crippen molar-refractivity contribution in [3.8, 4) is 0 Å². The maximum absolute atomic E-state index is 6.13. The van der Waals surface area contributed by atoms with Gasteiger partial charge in [-0.25, -0.2) is 19.9 Å². The Morgan fingerprint density at radius 2 is 0.556 bits per heavy atom. The minimum Gasteiger partial charge on any atom is -0.354 e. The number of hydrogen-bond donors (Lipinski definition) is 4. The van der Waals surface area contributed by atoms with Gasteiger partial charge in [0, 0.05) is 33.2 Å². The Morgan fingerprint density at radius 3 is 0.889 bits per heavy atom. The van der Waals surface area contributed by atoms with Crippen molar-refractivity contribution in [2.45, 2.75) is 325 Å². The van der Waals surface area contributed by atoms with Crippen LogP contribution in [0.2, 0.25) is 0 Å². The van der Waals surface area contributed by atoms with Gasteiger partial charge in [0.1, 0.15) is 0 Å². The fourth-order valence-electron chi connectivity index (χ4n) is 18.0. The van der Waals surface area contributed by atoms with Gasteiger partial charge in [0.25, 0.3) is 0 Å². The van der Waals surface area contributed by atoms with Gasteiger partial charge in [-0.1, -0.05) is 234 Å². The first kappa shape index (κ1) is 78.0. The average Bonchev–Trinajstić information content (AvgIpc) is 1.53. The van der Waals surface area contributed by atoms with Gasteiger partial charge in [-0.2, -0.15) is 0 Å². The summed E-state index contributed by atoms with van der Waals surface area (Å²) in [5, 5.41) is 2.79. The molecule has 0 fully saturated rings. The zero-order valence-electron chi connectivity index (χ0n) is 67.9. The van der Waals surface area contributed by atoms with Crippen molar-refractivity contribution >= 4 is 100 Å². The second kappa shape index (κ2) is 39.0. The molecule has 0 saturated heterocycles. The molecule has 5 aliphatic rings. The molecule has 0 radical (unpaired) electrons. The first-order valence-corrected chi connectivity index (χ1v) is 44.2. The summed E-state index contributed by atoms with van der Waals surface area (Å²) in [5.41, 5.74) is 36.6. The summed E-state index contributed by atoms with van der Waals surface area (Å²) in [5.74, 6) is 0. The Bertz CT molecular complexity index is 4580. The maximum Gasteiger partial charge on any atom is 0.0954 e. The number of rotatable bonds is 42. The highest BCUT2D eigenvalue weighted by atomic mass is 14.8. The predicted molar refractivity (Wildman–Crippen MR) is 467 cm³/mol. The van der Waals surface area contributed by atoms with E-state index in [0.29, 0.717) is 0 Å². The van der Waals surface area contributed by atoms with E-state index in [2.05, 4.69) is 185 Å². The number of nitrogens with one attached hydrogen (secondary N) is 4. The van der Waals surface area contributed by atoms with E-state index < -0.39 is 0 Å². The summed E-state index contributed by atoms with van der Waals surface area (Å²) in [7, 11) is 0. The number of hydrogen-bond acceptors (Lipinski definition) is 4. The van der Waals surface area contributed by atoms with Crippen molar-refractivity contribution in [2.24, 2.45) is 0 Å². The first-order valence-electron chi connectivity index (χ1n) is 44.2. The van der Waals surface area contributed by atoms with Crippen molar-refractivity contribution in [3.05, 3.63) is 187 Å². The van der Waals surface area contributed by atoms with Crippen LogP contribution in [-0.4, -0.2) is 39.9 Å². The highest BCUT2D eigenvalue weighted by Crippen LogP contribution is 2.50. The van der Waals surface area contributed by atoms with Gasteiger partial charge in [-0.3, -0.25) is 0 Å². The smallest absolute Gasteiger partial charge is 0.0954 e. The van der Waals surface area contributed by atoms with Crippen molar-refractivity contribution in [1.29, 1.82) is 0 Å². The van der Waals surface area contributed by atoms with Gasteiger partial charge in [0.2, 0.25) is 0 Å². The van der Waals surface area contributed by atoms with Crippen LogP contribution in [0.4, 0.5) is 0 Å². The number of aryl methyl sites for hydroxylation is 6. The Hall–Kier alpha value is -8.10. The molecule has 2 aromatic carbocycles. The van der Waals surface area contributed by atoms with Crippen molar-refractivity contribution in [3.63, 3.8) is 0 Å². The standard InChI is InChI=1S/C100H130N8/c1-9-17-25-33-41-71-63-89-91-65-73(43-35-27-19-11-3)83(103-91)59-61-87-77(47-39-31-23-15-7)97(99(107-87)93-67-75(45-37-29-21-13-5)85(105-93)57-55-81(71)101-89)79-53-51-69-49-50-70-52-54-80(96(79)95(69)70)98-78(48-40-32-24-16-8)88-62-60-84-74(44-36-28-20-12-4)66-92(104-84)90-64-72(42-34-26-18-10-2)82(102-90)56-58-86-76(46-38-30-22-14-6)68-94(106-86)100(98)108-88/h51-68,103-106H,9-50H2,1-8H3. The molecule has 0 atom stereocenters. The van der Waals surface area contributed by atoms with Gasteiger partial charge in [0.15, 0.2) is 0 Å². The largest absolute Gasteiger partial charge is 0.354 e. The maximum atomic E-state index is 6.13. The number of nitrogens with zero attached hydrogens (tertiary/aromatic N) is 4. The fourth-order valence-corrected chi connectivity index (χ4v) is 18.0. The lowest BCUT2D eigenvalue weighted by molar-refractivity contribution is 0.668. The molecule has 4 aliphatic heterocycles. The van der Waals surface area contributed by atoms with Crippen molar-refractivity contribution in [2.75, 3.05) is 0 Å². The number of aromatic nitrogens is 8. The molecular formula is C100H130N8. The van der Waals surface area contributed by atoms with Crippen LogP contribution in [0, 0.1) is 0 Å². The molecule has 4 N–H and O–H groups in total. The molecule has 6 aromatic heterocycles. The number of allylic oxidation sites excluding steroid dienone is 4. The molecule has 0 unspecified atom stereocenters. The van der Waals surface area contributed by atoms with E-state index in [1.165, 1.54) is 278 Å². The number of benzene rings is 2. The topological polar surface area (TPSA) is 115 Å². The van der Waals surface area contributed by atoms with Gasteiger partial charge < -0.3 is 19.9 Å². The Morgan fingerprint density at radius 1 is 0.259 bits per heavy atom. The van der Waals surface area contributed by atoms with E-state index in [-0.39, 0.29) is 0 Å². The molecule has 0 spiro atoms. The summed E-state index contributed by atoms with van der Waals surface area (Å²) in [4.78, 5) is 39.9. The predicted octanol–water partition coefficient (Wildman–Crippen LogP) is 29.6. The molecule has 10 heterocycles. The second-order valence-electron chi connectivity index (χ2n) is 32.6. The molecule has 108 heavy (non-hydrogen) atoms. The Balaban J connectivity index is 1.10. The molecule has 16 bridgehead atoms. The summed E-state index contributed by atoms with van der Waals surface area (Å²) < 4.78 is 0. The highest BCUT2D eigenvalue weighted by molar-refractivity contribution is 6.17. The van der Waals surface area contributed by atoms with Gasteiger partial charge in [0.05, 0.1) is 67.6 Å². The number of aromatic amines is 4. The summed E-state index contributed by atoms with van der Waals surface area (Å²) in [6, 6.07) is 39.1. The van der Waals surface area contributed by atoms with Gasteiger partial charge in [-0.15, -0.1) is 0 Å². The zero-order valence-corrected chi connectivity index (χ0v) is 67.9. The number of H-pyrrole nitrogens is 4. The third kappa shape index (κ3) is 18.5. The minimum absolute atomic E-state index is 0.932. The molecule has 1 aliphatic carbocycles. The summed E-state index contributed by atoms with van der Waals surface area (Å²) >= 11 is 0. The quantitative estimate of drug-likeness (QED) is 0.0285. The average molecular weight is 1440 g/mol. The number of fused-ring (bicyclic) bond motifs is 20. The minimum atomic E-state index is 0.932. The lowest BCUT2D eigenvalue weighted by Gasteiger charge is -2.19. The van der Waals surface area contributed by atoms with Crippen LogP contribution in [0.5, 0.6) is 0 Å². The van der Waals surface area contributed by atoms with Crippen LogP contribution < -0.4 is 0 Å². The van der Waals surface area contributed by atoms with E-state index in [4.69, 9.17) is 19.9 Å². The molecule has 13 rings (SSSR count). The molecule has 8 aromatic rings. The van der Waals surface area contributed by atoms with E-state index in [1.807, 2.05) is 0 Å². The SMILES string of the molecule is CCCCCCC1=Cc2nc1ccc1[nH]c(cc1CCCCCC)c1nc(ccc3[nH]c2cc3CCCCCC)C(CCCCCC)=C1c1ccc2c3c(ccc(C4=C(CCCCCC)c5ccc6[nH]c(cc6CCCCCC)c6nc(ccc7[nH]c(cc7CCCCCC)c4n5)C(CCCCCC)=C6)c13)CC2. The van der Waals surface area contributed by atoms with Crippen molar-refractivity contribution < 1.29 is 0 Å². The van der Waals surface area contributed by atoms with Crippen LogP contribution in [0.3, 0.4) is 0 Å². The first-order chi connectivity index (χ1) is 53.2. The van der Waals surface area contributed by atoms with Gasteiger partial charge in [-0.05, 0) is 278 Å². The summed E-state index contributed by atoms with van der Waals surface area (Å²) in [6.07, 6.45) is 53.3. The lowest BCUT2D eigenvalue weighted by Crippen LogP contribution is -1.99.